The number of allylic oxidation sites excluding steroid dienone is 2. The van der Waals surface area contributed by atoms with E-state index in [0.717, 1.165) is 18.3 Å². The lowest BCUT2D eigenvalue weighted by Gasteiger charge is -2.22. The molecule has 0 aromatic rings. The zero-order chi connectivity index (χ0) is 10.3. The molecule has 0 N–H and O–H groups in total. The topological polar surface area (TPSA) is 17.1 Å². The van der Waals surface area contributed by atoms with Crippen LogP contribution in [0.25, 0.3) is 0 Å². The standard InChI is InChI=1S/C13H20O/c1-8(2)4-11-5-10-6-12(9(3)14)13(11)7-10/h5,8,10,12-13H,4,6-7H2,1-3H3. The molecule has 0 saturated heterocycles. The number of rotatable bonds is 3. The highest BCUT2D eigenvalue weighted by molar-refractivity contribution is 5.79. The van der Waals surface area contributed by atoms with E-state index in [1.165, 1.54) is 12.8 Å². The third-order valence-corrected chi connectivity index (χ3v) is 3.69. The molecule has 0 radical (unpaired) electrons. The molecule has 0 aromatic heterocycles. The van der Waals surface area contributed by atoms with E-state index in [4.69, 9.17) is 0 Å². The highest BCUT2D eigenvalue weighted by Crippen LogP contribution is 2.49. The summed E-state index contributed by atoms with van der Waals surface area (Å²) in [6, 6.07) is 0. The molecule has 1 heteroatoms. The van der Waals surface area contributed by atoms with Gasteiger partial charge in [0, 0.05) is 5.92 Å². The van der Waals surface area contributed by atoms with Crippen molar-refractivity contribution in [1.29, 1.82) is 0 Å². The maximum absolute atomic E-state index is 11.4. The summed E-state index contributed by atoms with van der Waals surface area (Å²) in [6.07, 6.45) is 6.03. The van der Waals surface area contributed by atoms with Crippen LogP contribution >= 0.6 is 0 Å². The molecular weight excluding hydrogens is 172 g/mol. The first-order chi connectivity index (χ1) is 6.58. The Morgan fingerprint density at radius 3 is 2.71 bits per heavy atom. The molecule has 2 aliphatic carbocycles. The quantitative estimate of drug-likeness (QED) is 0.627. The van der Waals surface area contributed by atoms with E-state index in [1.807, 2.05) is 0 Å². The van der Waals surface area contributed by atoms with E-state index in [9.17, 15) is 4.79 Å². The van der Waals surface area contributed by atoms with Crippen LogP contribution in [0.1, 0.15) is 40.0 Å². The van der Waals surface area contributed by atoms with Crippen LogP contribution < -0.4 is 0 Å². The van der Waals surface area contributed by atoms with Crippen LogP contribution in [0.3, 0.4) is 0 Å². The van der Waals surface area contributed by atoms with E-state index < -0.39 is 0 Å². The zero-order valence-corrected chi connectivity index (χ0v) is 9.42. The third kappa shape index (κ3) is 1.65. The van der Waals surface area contributed by atoms with E-state index in [0.29, 0.717) is 17.6 Å². The van der Waals surface area contributed by atoms with Crippen molar-refractivity contribution >= 4 is 5.78 Å². The Bertz CT molecular complexity index is 275. The summed E-state index contributed by atoms with van der Waals surface area (Å²) in [4.78, 5) is 11.4. The Morgan fingerprint density at radius 1 is 1.50 bits per heavy atom. The number of carbonyl (C=O) groups is 1. The van der Waals surface area contributed by atoms with E-state index in [2.05, 4.69) is 19.9 Å². The maximum atomic E-state index is 11.4. The van der Waals surface area contributed by atoms with Crippen molar-refractivity contribution in [2.24, 2.45) is 23.7 Å². The van der Waals surface area contributed by atoms with Gasteiger partial charge in [-0.15, -0.1) is 0 Å². The van der Waals surface area contributed by atoms with Crippen molar-refractivity contribution in [1.82, 2.24) is 0 Å². The van der Waals surface area contributed by atoms with Gasteiger partial charge in [-0.25, -0.2) is 0 Å². The molecule has 3 atom stereocenters. The first-order valence-corrected chi connectivity index (χ1v) is 5.79. The molecule has 1 fully saturated rings. The first-order valence-electron chi connectivity index (χ1n) is 5.79. The summed E-state index contributed by atoms with van der Waals surface area (Å²) in [7, 11) is 0. The lowest BCUT2D eigenvalue weighted by Crippen LogP contribution is -2.19. The molecule has 0 spiro atoms. The Balaban J connectivity index is 2.09. The van der Waals surface area contributed by atoms with Crippen molar-refractivity contribution in [2.45, 2.75) is 40.0 Å². The lowest BCUT2D eigenvalue weighted by molar-refractivity contribution is -0.121. The average molecular weight is 192 g/mol. The summed E-state index contributed by atoms with van der Waals surface area (Å²) >= 11 is 0. The number of ketones is 1. The van der Waals surface area contributed by atoms with Crippen LogP contribution in [0.4, 0.5) is 0 Å². The van der Waals surface area contributed by atoms with Crippen molar-refractivity contribution in [3.05, 3.63) is 11.6 Å². The van der Waals surface area contributed by atoms with Gasteiger partial charge in [0.15, 0.2) is 0 Å². The molecule has 2 rings (SSSR count). The van der Waals surface area contributed by atoms with Gasteiger partial charge in [0.05, 0.1) is 0 Å². The third-order valence-electron chi connectivity index (χ3n) is 3.69. The Morgan fingerprint density at radius 2 is 2.21 bits per heavy atom. The Kier molecular flexibility index (Phi) is 2.50. The summed E-state index contributed by atoms with van der Waals surface area (Å²) < 4.78 is 0. The SMILES string of the molecule is CC(=O)C1CC2C=C(CC(C)C)C1C2. The predicted octanol–water partition coefficient (Wildman–Crippen LogP) is 3.20. The zero-order valence-electron chi connectivity index (χ0n) is 9.42. The van der Waals surface area contributed by atoms with Crippen LogP contribution in [-0.2, 0) is 4.79 Å². The smallest absolute Gasteiger partial charge is 0.133 e. The second-order valence-corrected chi connectivity index (χ2v) is 5.39. The predicted molar refractivity (Wildman–Crippen MR) is 57.9 cm³/mol. The minimum atomic E-state index is 0.360. The fraction of sp³-hybridized carbons (Fsp3) is 0.769. The van der Waals surface area contributed by atoms with Crippen LogP contribution in [0, 0.1) is 23.7 Å². The molecule has 14 heavy (non-hydrogen) atoms. The second kappa shape index (κ2) is 3.52. The number of carbonyl (C=O) groups excluding carboxylic acids is 1. The van der Waals surface area contributed by atoms with Crippen LogP contribution in [0.5, 0.6) is 0 Å². The average Bonchev–Trinajstić information content (AvgIpc) is 2.60. The molecule has 1 saturated carbocycles. The van der Waals surface area contributed by atoms with Crippen molar-refractivity contribution in [3.63, 3.8) is 0 Å². The van der Waals surface area contributed by atoms with Gasteiger partial charge < -0.3 is 0 Å². The van der Waals surface area contributed by atoms with Crippen LogP contribution in [0.2, 0.25) is 0 Å². The summed E-state index contributed by atoms with van der Waals surface area (Å²) in [5.41, 5.74) is 1.58. The molecule has 2 aliphatic rings. The monoisotopic (exact) mass is 192 g/mol. The molecule has 0 amide bonds. The van der Waals surface area contributed by atoms with Crippen LogP contribution in [-0.4, -0.2) is 5.78 Å². The summed E-state index contributed by atoms with van der Waals surface area (Å²) in [6.45, 7) is 6.28. The van der Waals surface area contributed by atoms with Crippen molar-refractivity contribution in [2.75, 3.05) is 0 Å². The van der Waals surface area contributed by atoms with Crippen LogP contribution in [0.15, 0.2) is 11.6 Å². The number of fused-ring (bicyclic) bond motifs is 2. The minimum absolute atomic E-state index is 0.360. The lowest BCUT2D eigenvalue weighted by atomic mass is 9.82. The van der Waals surface area contributed by atoms with E-state index in [-0.39, 0.29) is 0 Å². The largest absolute Gasteiger partial charge is 0.300 e. The summed E-state index contributed by atoms with van der Waals surface area (Å²) in [5.74, 6) is 2.83. The first kappa shape index (κ1) is 9.95. The van der Waals surface area contributed by atoms with Gasteiger partial charge in [0.1, 0.15) is 5.78 Å². The molecule has 0 aromatic carbocycles. The van der Waals surface area contributed by atoms with Gasteiger partial charge in [0.2, 0.25) is 0 Å². The van der Waals surface area contributed by atoms with E-state index in [1.54, 1.807) is 12.5 Å². The van der Waals surface area contributed by atoms with Gasteiger partial charge in [-0.2, -0.15) is 0 Å². The Labute approximate surface area is 86.6 Å². The normalized spacial score (nSPS) is 35.1. The molecule has 0 heterocycles. The van der Waals surface area contributed by atoms with Gasteiger partial charge in [0.25, 0.3) is 0 Å². The van der Waals surface area contributed by atoms with Gasteiger partial charge in [-0.05, 0) is 43.9 Å². The second-order valence-electron chi connectivity index (χ2n) is 5.39. The van der Waals surface area contributed by atoms with Crippen molar-refractivity contribution in [3.8, 4) is 0 Å². The fourth-order valence-electron chi connectivity index (χ4n) is 3.19. The molecule has 1 nitrogen and oxygen atoms in total. The highest BCUT2D eigenvalue weighted by atomic mass is 16.1. The number of Topliss-reactive ketones (excluding diaryl/α,β-unsaturated/α-hetero) is 1. The Hall–Kier alpha value is -0.590. The molecule has 3 unspecified atom stereocenters. The molecule has 2 bridgehead atoms. The molecular formula is C13H20O. The minimum Gasteiger partial charge on any atom is -0.300 e. The molecule has 78 valence electrons. The summed E-state index contributed by atoms with van der Waals surface area (Å²) in [5, 5.41) is 0. The molecule has 0 aliphatic heterocycles. The fourth-order valence-corrected chi connectivity index (χ4v) is 3.19. The van der Waals surface area contributed by atoms with Gasteiger partial charge in [-0.3, -0.25) is 4.79 Å². The number of hydrogen-bond acceptors (Lipinski definition) is 1. The highest BCUT2D eigenvalue weighted by Gasteiger charge is 2.42. The maximum Gasteiger partial charge on any atom is 0.133 e. The van der Waals surface area contributed by atoms with Gasteiger partial charge >= 0.3 is 0 Å². The van der Waals surface area contributed by atoms with Gasteiger partial charge in [-0.1, -0.05) is 25.5 Å². The number of hydrogen-bond donors (Lipinski definition) is 0. The van der Waals surface area contributed by atoms with Crippen molar-refractivity contribution < 1.29 is 4.79 Å². The van der Waals surface area contributed by atoms with E-state index >= 15 is 0 Å².